The number of aromatic nitrogens is 2. The number of nitrogens with zero attached hydrogens (tertiary/aromatic N) is 2. The number of aromatic hydroxyl groups is 2. The molecular weight excluding hydrogens is 1060 g/mol. The lowest BCUT2D eigenvalue weighted by molar-refractivity contribution is 0.263. The van der Waals surface area contributed by atoms with Crippen LogP contribution >= 0.6 is 22.7 Å². The summed E-state index contributed by atoms with van der Waals surface area (Å²) in [6, 6.07) is 14.0. The Morgan fingerprint density at radius 3 is 1.57 bits per heavy atom. The molecule has 1 unspecified atom stereocenters. The molecule has 1 atom stereocenters. The summed E-state index contributed by atoms with van der Waals surface area (Å²) in [5.41, 5.74) is 13.0. The Morgan fingerprint density at radius 2 is 1.09 bits per heavy atom. The highest BCUT2D eigenvalue weighted by atomic mass is 32.1. The molecule has 0 bridgehead atoms. The van der Waals surface area contributed by atoms with E-state index in [0.29, 0.717) is 17.8 Å². The van der Waals surface area contributed by atoms with Crippen molar-refractivity contribution in [3.8, 4) is 55.3 Å². The van der Waals surface area contributed by atoms with Gasteiger partial charge in [0.05, 0.1) is 62.2 Å². The largest absolute Gasteiger partial charge is 0.504 e. The minimum Gasteiger partial charge on any atom is -0.504 e. The number of allylic oxidation sites excluding steroid dienone is 2. The van der Waals surface area contributed by atoms with Crippen molar-refractivity contribution in [1.29, 1.82) is 0 Å². The van der Waals surface area contributed by atoms with Crippen molar-refractivity contribution >= 4 is 56.6 Å². The zero-order chi connectivity index (χ0) is 57.9. The van der Waals surface area contributed by atoms with Gasteiger partial charge in [0.2, 0.25) is 0 Å². The van der Waals surface area contributed by atoms with Crippen LogP contribution in [-0.2, 0) is 17.3 Å². The summed E-state index contributed by atoms with van der Waals surface area (Å²) in [4.78, 5) is -0.134. The lowest BCUT2D eigenvalue weighted by Gasteiger charge is -2.30. The number of halogens is 6. The number of hydrogen-bond donors (Lipinski definition) is 2. The van der Waals surface area contributed by atoms with E-state index in [1.54, 1.807) is 10.8 Å². The van der Waals surface area contributed by atoms with Crippen LogP contribution in [0.25, 0.3) is 66.2 Å². The average molecular weight is 1130 g/mol. The molecule has 4 aromatic carbocycles. The predicted octanol–water partition coefficient (Wildman–Crippen LogP) is 19.6. The third-order valence-corrected chi connectivity index (χ3v) is 17.8. The first kappa shape index (κ1) is 56.7. The molecule has 0 saturated carbocycles. The molecule has 0 radical (unpaired) electrons. The highest BCUT2D eigenvalue weighted by Crippen LogP contribution is 2.53. The molecule has 6 nitrogen and oxygen atoms in total. The fourth-order valence-corrected chi connectivity index (χ4v) is 13.1. The van der Waals surface area contributed by atoms with Gasteiger partial charge in [0.25, 0.3) is 0 Å². The van der Waals surface area contributed by atoms with E-state index in [2.05, 4.69) is 120 Å². The molecule has 2 aliphatic carbocycles. The molecule has 10 rings (SSSR count). The predicted molar refractivity (Wildman–Crippen MR) is 314 cm³/mol. The Balaban J connectivity index is 0.922. The molecule has 8 aromatic rings. The molecule has 80 heavy (non-hydrogen) atoms. The first-order chi connectivity index (χ1) is 37.5. The molecule has 0 fully saturated rings. The van der Waals surface area contributed by atoms with Crippen molar-refractivity contribution < 1.29 is 46.0 Å². The van der Waals surface area contributed by atoms with Crippen molar-refractivity contribution in [2.24, 2.45) is 10.8 Å². The Kier molecular flexibility index (Phi) is 14.5. The first-order valence-electron chi connectivity index (χ1n) is 27.2. The van der Waals surface area contributed by atoms with Crippen LogP contribution in [-0.4, -0.2) is 32.6 Å². The lowest BCUT2D eigenvalue weighted by atomic mass is 9.76. The van der Waals surface area contributed by atoms with E-state index in [9.17, 15) is 10.2 Å². The van der Waals surface area contributed by atoms with Gasteiger partial charge in [0.15, 0.2) is 46.4 Å². The fourth-order valence-electron chi connectivity index (χ4n) is 11.2. The van der Waals surface area contributed by atoms with Crippen LogP contribution in [0.4, 0.5) is 26.3 Å². The molecule has 2 N–H and O–H groups in total. The molecule has 0 spiro atoms. The van der Waals surface area contributed by atoms with Crippen molar-refractivity contribution in [3.63, 3.8) is 0 Å². The molecule has 14 heteroatoms. The van der Waals surface area contributed by atoms with Crippen LogP contribution in [0.5, 0.6) is 23.0 Å². The van der Waals surface area contributed by atoms with Gasteiger partial charge in [0.1, 0.15) is 11.5 Å². The van der Waals surface area contributed by atoms with Gasteiger partial charge < -0.3 is 28.8 Å². The van der Waals surface area contributed by atoms with E-state index in [1.807, 2.05) is 33.4 Å². The van der Waals surface area contributed by atoms with E-state index in [4.69, 9.17) is 9.47 Å². The first-order valence-corrected chi connectivity index (χ1v) is 29.0. The minimum atomic E-state index is -1.73. The zero-order valence-electron chi connectivity index (χ0n) is 47.6. The Morgan fingerprint density at radius 1 is 0.600 bits per heavy atom. The highest BCUT2D eigenvalue weighted by molar-refractivity contribution is 7.14. The van der Waals surface area contributed by atoms with Crippen molar-refractivity contribution in [3.05, 3.63) is 145 Å². The SMILES string of the molecule is CC1CC(C(C)(C)C)=Cc2c1n(-c1csc(-c3c(OCCCCOc4cc(F)c(F)c(F)c4-c4scc(-n5c6c(c7cc(C(C)(C)C)ccc75)CCC(C(C)(C)C)=C=C6)c4O)cc(F)c(F)c3F)c1O)c1ccc(C(C)(C)C)cc21. The summed E-state index contributed by atoms with van der Waals surface area (Å²) in [5.74, 6) is -10.9. The number of aryl methyl sites for hydroxylation is 1. The van der Waals surface area contributed by atoms with Crippen LogP contribution in [0.1, 0.15) is 155 Å². The molecule has 0 saturated heterocycles. The smallest absolute Gasteiger partial charge is 0.195 e. The molecule has 4 heterocycles. The molecule has 4 aromatic heterocycles. The van der Waals surface area contributed by atoms with Crippen LogP contribution < -0.4 is 9.47 Å². The number of ether oxygens (including phenoxy) is 2. The monoisotopic (exact) mass is 1130 g/mol. The van der Waals surface area contributed by atoms with Gasteiger partial charge in [-0.25, -0.2) is 26.3 Å². The number of unbranched alkanes of at least 4 members (excludes halogenated alkanes) is 1. The molecule has 420 valence electrons. The maximum atomic E-state index is 16.2. The maximum absolute atomic E-state index is 16.2. The second-order valence-electron chi connectivity index (χ2n) is 25.6. The number of benzene rings is 4. The van der Waals surface area contributed by atoms with Crippen LogP contribution in [0.15, 0.2) is 76.2 Å². The maximum Gasteiger partial charge on any atom is 0.195 e. The van der Waals surface area contributed by atoms with Crippen LogP contribution in [0, 0.1) is 45.7 Å². The van der Waals surface area contributed by atoms with Crippen LogP contribution in [0.3, 0.4) is 0 Å². The van der Waals surface area contributed by atoms with Gasteiger partial charge in [-0.15, -0.1) is 28.4 Å². The van der Waals surface area contributed by atoms with E-state index in [1.165, 1.54) is 5.57 Å². The van der Waals surface area contributed by atoms with Gasteiger partial charge in [0, 0.05) is 56.9 Å². The topological polar surface area (TPSA) is 68.8 Å². The molecule has 0 aliphatic heterocycles. The van der Waals surface area contributed by atoms with Crippen molar-refractivity contribution in [2.75, 3.05) is 13.2 Å². The van der Waals surface area contributed by atoms with E-state index < -0.39 is 46.0 Å². The number of thiophene rings is 2. The molecular formula is C66H68F6N2O4S2. The quantitative estimate of drug-likeness (QED) is 0.0586. The summed E-state index contributed by atoms with van der Waals surface area (Å²) in [6.45, 7) is 27.7. The third kappa shape index (κ3) is 9.97. The zero-order valence-corrected chi connectivity index (χ0v) is 49.3. The third-order valence-electron chi connectivity index (χ3n) is 15.8. The summed E-state index contributed by atoms with van der Waals surface area (Å²) in [7, 11) is 0. The van der Waals surface area contributed by atoms with Gasteiger partial charge in [-0.05, 0) is 100 Å². The average Bonchev–Trinajstić information content (AvgIpc) is 4.25. The van der Waals surface area contributed by atoms with Gasteiger partial charge in [-0.2, -0.15) is 0 Å². The number of rotatable bonds is 11. The second-order valence-corrected chi connectivity index (χ2v) is 27.3. The summed E-state index contributed by atoms with van der Waals surface area (Å²) in [6.07, 6.45) is 6.76. The van der Waals surface area contributed by atoms with E-state index >= 15 is 26.3 Å². The summed E-state index contributed by atoms with van der Waals surface area (Å²) in [5, 5.41) is 29.6. The minimum absolute atomic E-state index is 0.0240. The molecule has 0 amide bonds. The lowest BCUT2D eigenvalue weighted by Crippen LogP contribution is -2.17. The summed E-state index contributed by atoms with van der Waals surface area (Å²) < 4.78 is 109. The standard InChI is InChI=1S/C66H68F6N2O4S2/c1-34-26-38(66(11,12)13)29-42-41-28-37(65(8,9)10)19-23-47(41)74(58(34)42)49-33-80-62(60(49)76)53-51(31-44(68)55(70)57(53)72)78-25-15-14-24-77-50-30-43(67)54(69)56(71)52(50)61-59(75)48(32-79-61)73-45-21-17-35(63(2,3)4)16-20-39(45)40-27-36(64(5,6)7)18-22-46(40)73/h18-19,21-23,27-34,75-76H,14-16,20,24-26H2,1-13H3. The van der Waals surface area contributed by atoms with Gasteiger partial charge >= 0.3 is 0 Å². The second kappa shape index (κ2) is 20.4. The van der Waals surface area contributed by atoms with E-state index in [0.717, 1.165) is 109 Å². The molecule has 2 aliphatic rings. The van der Waals surface area contributed by atoms with Crippen LogP contribution in [0.2, 0.25) is 0 Å². The van der Waals surface area contributed by atoms with Gasteiger partial charge in [-0.3, -0.25) is 0 Å². The number of fused-ring (bicyclic) bond motifs is 6. The fraction of sp³-hybridized carbons (Fsp3) is 0.379. The summed E-state index contributed by atoms with van der Waals surface area (Å²) >= 11 is 1.93. The van der Waals surface area contributed by atoms with Crippen molar-refractivity contribution in [1.82, 2.24) is 9.13 Å². The Bertz CT molecular complexity index is 3910. The Labute approximate surface area is 472 Å². The van der Waals surface area contributed by atoms with Crippen molar-refractivity contribution in [2.45, 2.75) is 139 Å². The normalized spacial score (nSPS) is 15.1. The Hall–Kier alpha value is -6.60. The van der Waals surface area contributed by atoms with Gasteiger partial charge in [-0.1, -0.05) is 114 Å². The van der Waals surface area contributed by atoms with E-state index in [-0.39, 0.29) is 86.4 Å². The highest BCUT2D eigenvalue weighted by Gasteiger charge is 2.35. The number of hydrogen-bond acceptors (Lipinski definition) is 6.